The van der Waals surface area contributed by atoms with Crippen molar-refractivity contribution in [2.45, 2.75) is 24.3 Å². The molecule has 1 aromatic carbocycles. The summed E-state index contributed by atoms with van der Waals surface area (Å²) in [6, 6.07) is 4.69. The Bertz CT molecular complexity index is 526. The summed E-state index contributed by atoms with van der Waals surface area (Å²) in [5.41, 5.74) is 0. The fraction of sp³-hybridized carbons (Fsp3) is 0.364. The van der Waals surface area contributed by atoms with Gasteiger partial charge in [-0.3, -0.25) is 4.79 Å². The van der Waals surface area contributed by atoms with E-state index in [0.717, 1.165) is 0 Å². The summed E-state index contributed by atoms with van der Waals surface area (Å²) in [6.45, 7) is 1.59. The molecule has 0 heterocycles. The molecule has 18 heavy (non-hydrogen) atoms. The second-order valence-electron chi connectivity index (χ2n) is 3.60. The Morgan fingerprint density at radius 1 is 1.50 bits per heavy atom. The first-order valence-electron chi connectivity index (χ1n) is 5.30. The van der Waals surface area contributed by atoms with Gasteiger partial charge in [-0.05, 0) is 18.6 Å². The van der Waals surface area contributed by atoms with Crippen molar-refractivity contribution in [2.75, 3.05) is 7.11 Å². The van der Waals surface area contributed by atoms with E-state index in [-0.39, 0.29) is 11.3 Å². The number of aliphatic carboxylic acids is 1. The molecular weight excluding hydrogens is 258 g/mol. The minimum Gasteiger partial charge on any atom is -0.497 e. The average Bonchev–Trinajstić information content (AvgIpc) is 2.35. The normalized spacial score (nSPS) is 13.0. The molecule has 100 valence electrons. The summed E-state index contributed by atoms with van der Waals surface area (Å²) < 4.78 is 30.9. The summed E-state index contributed by atoms with van der Waals surface area (Å²) >= 11 is 0. The maximum atomic E-state index is 11.9. The monoisotopic (exact) mass is 273 g/mol. The van der Waals surface area contributed by atoms with Gasteiger partial charge in [-0.15, -0.1) is 0 Å². The van der Waals surface area contributed by atoms with Crippen LogP contribution in [-0.4, -0.2) is 32.6 Å². The van der Waals surface area contributed by atoms with Crippen LogP contribution in [0.15, 0.2) is 29.2 Å². The summed E-state index contributed by atoms with van der Waals surface area (Å²) in [6.07, 6.45) is 0.165. The molecule has 0 aliphatic heterocycles. The van der Waals surface area contributed by atoms with E-state index in [1.165, 1.54) is 25.3 Å². The Hall–Kier alpha value is -1.60. The van der Waals surface area contributed by atoms with Crippen LogP contribution in [0.4, 0.5) is 0 Å². The number of hydrogen-bond donors (Lipinski definition) is 2. The van der Waals surface area contributed by atoms with Crippen LogP contribution in [0.25, 0.3) is 0 Å². The molecule has 0 aliphatic carbocycles. The van der Waals surface area contributed by atoms with Crippen molar-refractivity contribution in [3.8, 4) is 5.75 Å². The van der Waals surface area contributed by atoms with Crippen molar-refractivity contribution in [2.24, 2.45) is 0 Å². The van der Waals surface area contributed by atoms with Crippen molar-refractivity contribution >= 4 is 16.0 Å². The number of carboxylic acids is 1. The number of rotatable bonds is 6. The highest BCUT2D eigenvalue weighted by Crippen LogP contribution is 2.17. The second-order valence-corrected chi connectivity index (χ2v) is 5.31. The Morgan fingerprint density at radius 3 is 2.67 bits per heavy atom. The highest BCUT2D eigenvalue weighted by molar-refractivity contribution is 7.89. The van der Waals surface area contributed by atoms with E-state index >= 15 is 0 Å². The Kier molecular flexibility index (Phi) is 4.69. The van der Waals surface area contributed by atoms with Gasteiger partial charge in [-0.25, -0.2) is 8.42 Å². The van der Waals surface area contributed by atoms with Gasteiger partial charge in [-0.2, -0.15) is 4.72 Å². The lowest BCUT2D eigenvalue weighted by Gasteiger charge is -2.13. The standard InChI is InChI=1S/C11H15NO5S/c1-3-10(11(13)14)12-18(15,16)9-6-4-5-8(7-9)17-2/h4-7,10,12H,3H2,1-2H3,(H,13,14). The van der Waals surface area contributed by atoms with Crippen molar-refractivity contribution in [3.63, 3.8) is 0 Å². The van der Waals surface area contributed by atoms with Crippen molar-refractivity contribution < 1.29 is 23.1 Å². The molecule has 0 radical (unpaired) electrons. The summed E-state index contributed by atoms with van der Waals surface area (Å²) in [5, 5.41) is 8.83. The van der Waals surface area contributed by atoms with Gasteiger partial charge in [0, 0.05) is 6.07 Å². The quantitative estimate of drug-likeness (QED) is 0.801. The van der Waals surface area contributed by atoms with Crippen LogP contribution >= 0.6 is 0 Å². The van der Waals surface area contributed by atoms with Crippen molar-refractivity contribution in [1.29, 1.82) is 0 Å². The zero-order valence-corrected chi connectivity index (χ0v) is 10.9. The maximum absolute atomic E-state index is 11.9. The van der Waals surface area contributed by atoms with Gasteiger partial charge < -0.3 is 9.84 Å². The van der Waals surface area contributed by atoms with Gasteiger partial charge in [0.2, 0.25) is 10.0 Å². The molecule has 0 saturated heterocycles. The van der Waals surface area contributed by atoms with Gasteiger partial charge in [0.05, 0.1) is 12.0 Å². The second kappa shape index (κ2) is 5.83. The number of carboxylic acid groups (broad SMARTS) is 1. The molecule has 1 aromatic rings. The third kappa shape index (κ3) is 3.44. The molecule has 0 fully saturated rings. The summed E-state index contributed by atoms with van der Waals surface area (Å²) in [5.74, 6) is -0.815. The van der Waals surface area contributed by atoms with E-state index in [0.29, 0.717) is 5.75 Å². The molecule has 1 rings (SSSR count). The maximum Gasteiger partial charge on any atom is 0.321 e. The lowest BCUT2D eigenvalue weighted by Crippen LogP contribution is -2.40. The first-order chi connectivity index (χ1) is 8.40. The Labute approximate surface area is 106 Å². The number of ether oxygens (including phenoxy) is 1. The molecular formula is C11H15NO5S. The number of hydrogen-bond acceptors (Lipinski definition) is 4. The van der Waals surface area contributed by atoms with E-state index < -0.39 is 22.0 Å². The predicted molar refractivity (Wildman–Crippen MR) is 65.0 cm³/mol. The van der Waals surface area contributed by atoms with Crippen LogP contribution in [0.5, 0.6) is 5.75 Å². The molecule has 0 aliphatic rings. The lowest BCUT2D eigenvalue weighted by molar-refractivity contribution is -0.139. The third-order valence-electron chi connectivity index (χ3n) is 2.36. The van der Waals surface area contributed by atoms with Crippen LogP contribution in [0.3, 0.4) is 0 Å². The first kappa shape index (κ1) is 14.5. The van der Waals surface area contributed by atoms with Crippen molar-refractivity contribution in [3.05, 3.63) is 24.3 Å². The average molecular weight is 273 g/mol. The molecule has 6 nitrogen and oxygen atoms in total. The molecule has 0 amide bonds. The Balaban J connectivity index is 3.02. The molecule has 0 saturated carbocycles. The highest BCUT2D eigenvalue weighted by Gasteiger charge is 2.23. The number of sulfonamides is 1. The van der Waals surface area contributed by atoms with Crippen LogP contribution in [0, 0.1) is 0 Å². The predicted octanol–water partition coefficient (Wildman–Crippen LogP) is 0.837. The smallest absolute Gasteiger partial charge is 0.321 e. The largest absolute Gasteiger partial charge is 0.497 e. The topological polar surface area (TPSA) is 92.7 Å². The molecule has 1 unspecified atom stereocenters. The van der Waals surface area contributed by atoms with Crippen LogP contribution < -0.4 is 9.46 Å². The minimum absolute atomic E-state index is 0.0263. The minimum atomic E-state index is -3.86. The van der Waals surface area contributed by atoms with Gasteiger partial charge >= 0.3 is 5.97 Å². The zero-order valence-electron chi connectivity index (χ0n) is 10.1. The molecule has 2 N–H and O–H groups in total. The fourth-order valence-corrected chi connectivity index (χ4v) is 2.64. The summed E-state index contributed by atoms with van der Waals surface area (Å²) in [7, 11) is -2.44. The number of methoxy groups -OCH3 is 1. The number of carbonyl (C=O) groups is 1. The molecule has 0 spiro atoms. The number of benzene rings is 1. The van der Waals surface area contributed by atoms with E-state index in [1.54, 1.807) is 13.0 Å². The van der Waals surface area contributed by atoms with Crippen LogP contribution in [0.1, 0.15) is 13.3 Å². The molecule has 0 bridgehead atoms. The fourth-order valence-electron chi connectivity index (χ4n) is 1.33. The highest BCUT2D eigenvalue weighted by atomic mass is 32.2. The third-order valence-corrected chi connectivity index (χ3v) is 3.82. The van der Waals surface area contributed by atoms with E-state index in [9.17, 15) is 13.2 Å². The SMILES string of the molecule is CCC(NS(=O)(=O)c1cccc(OC)c1)C(=O)O. The van der Waals surface area contributed by atoms with Crippen molar-refractivity contribution in [1.82, 2.24) is 4.72 Å². The molecule has 1 atom stereocenters. The zero-order chi connectivity index (χ0) is 13.8. The van der Waals surface area contributed by atoms with Gasteiger partial charge in [0.25, 0.3) is 0 Å². The van der Waals surface area contributed by atoms with E-state index in [4.69, 9.17) is 9.84 Å². The first-order valence-corrected chi connectivity index (χ1v) is 6.78. The lowest BCUT2D eigenvalue weighted by atomic mass is 10.2. The van der Waals surface area contributed by atoms with E-state index in [2.05, 4.69) is 4.72 Å². The Morgan fingerprint density at radius 2 is 2.17 bits per heavy atom. The molecule has 0 aromatic heterocycles. The van der Waals surface area contributed by atoms with Crippen LogP contribution in [0.2, 0.25) is 0 Å². The van der Waals surface area contributed by atoms with Gasteiger partial charge in [-0.1, -0.05) is 13.0 Å². The number of nitrogens with one attached hydrogen (secondary N) is 1. The van der Waals surface area contributed by atoms with E-state index in [1.807, 2.05) is 0 Å². The molecule has 7 heteroatoms. The van der Waals surface area contributed by atoms with Crippen LogP contribution in [-0.2, 0) is 14.8 Å². The van der Waals surface area contributed by atoms with Gasteiger partial charge in [0.1, 0.15) is 11.8 Å². The van der Waals surface area contributed by atoms with Gasteiger partial charge in [0.15, 0.2) is 0 Å². The summed E-state index contributed by atoms with van der Waals surface area (Å²) in [4.78, 5) is 10.8.